The van der Waals surface area contributed by atoms with Gasteiger partial charge in [-0.15, -0.1) is 0 Å². The molecule has 0 saturated heterocycles. The fourth-order valence-corrected chi connectivity index (χ4v) is 2.37. The van der Waals surface area contributed by atoms with Crippen molar-refractivity contribution in [1.29, 1.82) is 0 Å². The largest absolute Gasteiger partial charge is 0.497 e. The highest BCUT2D eigenvalue weighted by molar-refractivity contribution is 6.02. The monoisotopic (exact) mass is 297 g/mol. The van der Waals surface area contributed by atoms with Gasteiger partial charge in [0, 0.05) is 17.4 Å². The van der Waals surface area contributed by atoms with Crippen molar-refractivity contribution in [3.05, 3.63) is 42.5 Å². The number of nitrogens with two attached hydrogens (primary N) is 1. The van der Waals surface area contributed by atoms with Gasteiger partial charge in [0.2, 0.25) is 0 Å². The molecule has 2 aromatic carbocycles. The van der Waals surface area contributed by atoms with E-state index in [4.69, 9.17) is 15.2 Å². The number of nitrogens with zero attached hydrogens (tertiary/aromatic N) is 1. The predicted octanol–water partition coefficient (Wildman–Crippen LogP) is 3.59. The first kappa shape index (κ1) is 14.3. The van der Waals surface area contributed by atoms with E-state index < -0.39 is 0 Å². The molecule has 3 N–H and O–H groups in total. The van der Waals surface area contributed by atoms with Crippen molar-refractivity contribution >= 4 is 22.9 Å². The standard InChI is InChI=1S/C17H19N3O2/c1-3-15-17(19-12-5-4-6-13(10-12)21-2)20-14-9-11(18)7-8-16(14)22-15/h4-10,15H,3,18H2,1-2H3,(H,19,20). The lowest BCUT2D eigenvalue weighted by molar-refractivity contribution is 0.259. The number of nitrogen functional groups attached to an aromatic ring is 1. The highest BCUT2D eigenvalue weighted by Gasteiger charge is 2.23. The van der Waals surface area contributed by atoms with Crippen LogP contribution in [0.25, 0.3) is 0 Å². The van der Waals surface area contributed by atoms with E-state index in [2.05, 4.69) is 17.2 Å². The molecule has 1 aliphatic rings. The first-order valence-electron chi connectivity index (χ1n) is 7.25. The fourth-order valence-electron chi connectivity index (χ4n) is 2.37. The summed E-state index contributed by atoms with van der Waals surface area (Å²) in [6.07, 6.45) is 0.710. The van der Waals surface area contributed by atoms with Crippen LogP contribution >= 0.6 is 0 Å². The highest BCUT2D eigenvalue weighted by Crippen LogP contribution is 2.35. The maximum Gasteiger partial charge on any atom is 0.156 e. The Labute approximate surface area is 129 Å². The van der Waals surface area contributed by atoms with Gasteiger partial charge in [0.25, 0.3) is 0 Å². The lowest BCUT2D eigenvalue weighted by atomic mass is 10.1. The summed E-state index contributed by atoms with van der Waals surface area (Å²) in [4.78, 5) is 4.67. The summed E-state index contributed by atoms with van der Waals surface area (Å²) >= 11 is 0. The Morgan fingerprint density at radius 2 is 2.14 bits per heavy atom. The van der Waals surface area contributed by atoms with Crippen LogP contribution in [-0.2, 0) is 0 Å². The third-order valence-corrected chi connectivity index (χ3v) is 3.51. The number of ether oxygens (including phenoxy) is 2. The van der Waals surface area contributed by atoms with Gasteiger partial charge in [0.05, 0.1) is 7.11 Å². The van der Waals surface area contributed by atoms with Crippen LogP contribution in [0.4, 0.5) is 17.1 Å². The lowest BCUT2D eigenvalue weighted by Gasteiger charge is -2.26. The van der Waals surface area contributed by atoms with Gasteiger partial charge in [-0.2, -0.15) is 0 Å². The van der Waals surface area contributed by atoms with Crippen molar-refractivity contribution < 1.29 is 9.47 Å². The van der Waals surface area contributed by atoms with E-state index in [-0.39, 0.29) is 6.10 Å². The molecular formula is C17H19N3O2. The Morgan fingerprint density at radius 1 is 1.27 bits per heavy atom. The minimum atomic E-state index is -0.109. The highest BCUT2D eigenvalue weighted by atomic mass is 16.5. The molecule has 1 aliphatic heterocycles. The SMILES string of the molecule is CCC1Oc2ccc(N)cc2N=C1Nc1cccc(OC)c1. The lowest BCUT2D eigenvalue weighted by Crippen LogP contribution is -2.34. The van der Waals surface area contributed by atoms with Gasteiger partial charge in [-0.1, -0.05) is 13.0 Å². The molecule has 1 unspecified atom stereocenters. The van der Waals surface area contributed by atoms with Gasteiger partial charge in [-0.3, -0.25) is 0 Å². The summed E-state index contributed by atoms with van der Waals surface area (Å²) in [6, 6.07) is 13.2. The molecule has 0 amide bonds. The van der Waals surface area contributed by atoms with Crippen molar-refractivity contribution in [2.24, 2.45) is 4.99 Å². The molecule has 0 aromatic heterocycles. The Balaban J connectivity index is 1.92. The van der Waals surface area contributed by atoms with Crippen LogP contribution in [0.15, 0.2) is 47.5 Å². The van der Waals surface area contributed by atoms with Crippen LogP contribution < -0.4 is 20.5 Å². The van der Waals surface area contributed by atoms with Crippen LogP contribution in [-0.4, -0.2) is 19.0 Å². The minimum Gasteiger partial charge on any atom is -0.497 e. The fraction of sp³-hybridized carbons (Fsp3) is 0.235. The van der Waals surface area contributed by atoms with Crippen LogP contribution in [0.1, 0.15) is 13.3 Å². The van der Waals surface area contributed by atoms with Crippen molar-refractivity contribution in [3.63, 3.8) is 0 Å². The second-order valence-corrected chi connectivity index (χ2v) is 5.10. The predicted molar refractivity (Wildman–Crippen MR) is 89.3 cm³/mol. The molecule has 114 valence electrons. The van der Waals surface area contributed by atoms with Crippen molar-refractivity contribution in [2.45, 2.75) is 19.4 Å². The third-order valence-electron chi connectivity index (χ3n) is 3.51. The van der Waals surface area contributed by atoms with Crippen molar-refractivity contribution in [3.8, 4) is 11.5 Å². The van der Waals surface area contributed by atoms with E-state index in [1.54, 1.807) is 7.11 Å². The number of anilines is 2. The smallest absolute Gasteiger partial charge is 0.156 e. The van der Waals surface area contributed by atoms with Crippen LogP contribution in [0.5, 0.6) is 11.5 Å². The van der Waals surface area contributed by atoms with E-state index in [9.17, 15) is 0 Å². The quantitative estimate of drug-likeness (QED) is 0.849. The molecule has 0 bridgehead atoms. The number of nitrogens with one attached hydrogen (secondary N) is 1. The Hall–Kier alpha value is -2.69. The number of benzene rings is 2. The van der Waals surface area contributed by atoms with Crippen LogP contribution in [0.3, 0.4) is 0 Å². The zero-order valence-electron chi connectivity index (χ0n) is 12.7. The maximum atomic E-state index is 6.00. The molecule has 5 nitrogen and oxygen atoms in total. The summed E-state index contributed by atoms with van der Waals surface area (Å²) in [6.45, 7) is 2.07. The van der Waals surface area contributed by atoms with Gasteiger partial charge in [0.15, 0.2) is 6.10 Å². The zero-order valence-corrected chi connectivity index (χ0v) is 12.7. The van der Waals surface area contributed by atoms with Crippen LogP contribution in [0.2, 0.25) is 0 Å². The summed E-state index contributed by atoms with van der Waals surface area (Å²) in [7, 11) is 1.65. The Bertz CT molecular complexity index is 713. The molecule has 0 saturated carbocycles. The normalized spacial score (nSPS) is 16.3. The number of fused-ring (bicyclic) bond motifs is 1. The maximum absolute atomic E-state index is 6.00. The molecule has 3 rings (SSSR count). The molecule has 22 heavy (non-hydrogen) atoms. The molecule has 0 spiro atoms. The average Bonchev–Trinajstić information content (AvgIpc) is 2.54. The Kier molecular flexibility index (Phi) is 3.87. The number of hydrogen-bond donors (Lipinski definition) is 2. The van der Waals surface area contributed by atoms with Crippen molar-refractivity contribution in [2.75, 3.05) is 18.2 Å². The van der Waals surface area contributed by atoms with Gasteiger partial charge < -0.3 is 20.5 Å². The molecular weight excluding hydrogens is 278 g/mol. The van der Waals surface area contributed by atoms with Gasteiger partial charge in [-0.05, 0) is 36.8 Å². The van der Waals surface area contributed by atoms with Gasteiger partial charge in [-0.25, -0.2) is 4.99 Å². The molecule has 1 atom stereocenters. The summed E-state index contributed by atoms with van der Waals surface area (Å²) in [5.74, 6) is 2.33. The molecule has 0 aliphatic carbocycles. The Morgan fingerprint density at radius 3 is 2.91 bits per heavy atom. The summed E-state index contributed by atoms with van der Waals surface area (Å²) in [5.41, 5.74) is 8.15. The van der Waals surface area contributed by atoms with E-state index in [1.165, 1.54) is 0 Å². The molecule has 0 fully saturated rings. The average molecular weight is 297 g/mol. The minimum absolute atomic E-state index is 0.109. The van der Waals surface area contributed by atoms with Crippen molar-refractivity contribution in [1.82, 2.24) is 0 Å². The number of hydrogen-bond acceptors (Lipinski definition) is 5. The van der Waals surface area contributed by atoms with E-state index in [0.717, 1.165) is 35.1 Å². The van der Waals surface area contributed by atoms with Gasteiger partial charge in [0.1, 0.15) is 23.0 Å². The number of rotatable bonds is 3. The zero-order chi connectivity index (χ0) is 15.5. The number of aliphatic imine (C=N–C) groups is 1. The third kappa shape index (κ3) is 2.83. The molecule has 5 heteroatoms. The number of methoxy groups -OCH3 is 1. The van der Waals surface area contributed by atoms with E-state index >= 15 is 0 Å². The van der Waals surface area contributed by atoms with E-state index in [0.29, 0.717) is 5.69 Å². The van der Waals surface area contributed by atoms with E-state index in [1.807, 2.05) is 42.5 Å². The topological polar surface area (TPSA) is 68.9 Å². The molecule has 1 heterocycles. The summed E-state index contributed by atoms with van der Waals surface area (Å²) in [5, 5.41) is 3.32. The van der Waals surface area contributed by atoms with Gasteiger partial charge >= 0.3 is 0 Å². The first-order valence-corrected chi connectivity index (χ1v) is 7.25. The molecule has 0 radical (unpaired) electrons. The second kappa shape index (κ2) is 5.97. The number of amidine groups is 1. The first-order chi connectivity index (χ1) is 10.7. The summed E-state index contributed by atoms with van der Waals surface area (Å²) < 4.78 is 11.2. The van der Waals surface area contributed by atoms with Crippen LogP contribution in [0, 0.1) is 0 Å². The molecule has 2 aromatic rings. The second-order valence-electron chi connectivity index (χ2n) is 5.10.